The van der Waals surface area contributed by atoms with Crippen molar-refractivity contribution < 1.29 is 14.3 Å². The van der Waals surface area contributed by atoms with Crippen LogP contribution in [0.25, 0.3) is 0 Å². The van der Waals surface area contributed by atoms with Gasteiger partial charge >= 0.3 is 5.97 Å². The standard InChI is InChI=1S/C16H25NO3S/c1-3-19-14(18)9-8-13-12-21-15(17-13)16(20-4-2)10-6-5-7-11-16/h12H,3-11H2,1-2H3. The van der Waals surface area contributed by atoms with E-state index < -0.39 is 0 Å². The molecule has 0 atom stereocenters. The molecule has 5 heteroatoms. The molecule has 1 saturated carbocycles. The van der Waals surface area contributed by atoms with E-state index in [2.05, 4.69) is 5.38 Å². The summed E-state index contributed by atoms with van der Waals surface area (Å²) < 4.78 is 11.0. The molecule has 2 rings (SSSR count). The average Bonchev–Trinajstić information content (AvgIpc) is 2.96. The van der Waals surface area contributed by atoms with Crippen molar-refractivity contribution in [1.82, 2.24) is 4.98 Å². The Hall–Kier alpha value is -0.940. The van der Waals surface area contributed by atoms with Gasteiger partial charge in [0.15, 0.2) is 0 Å². The van der Waals surface area contributed by atoms with Gasteiger partial charge in [-0.1, -0.05) is 19.3 Å². The van der Waals surface area contributed by atoms with Crippen molar-refractivity contribution in [2.45, 2.75) is 64.4 Å². The minimum Gasteiger partial charge on any atom is -0.466 e. The number of hydrogen-bond acceptors (Lipinski definition) is 5. The fourth-order valence-electron chi connectivity index (χ4n) is 2.91. The Morgan fingerprint density at radius 1 is 1.29 bits per heavy atom. The van der Waals surface area contributed by atoms with Gasteiger partial charge in [0, 0.05) is 18.4 Å². The highest BCUT2D eigenvalue weighted by Gasteiger charge is 2.37. The van der Waals surface area contributed by atoms with Crippen LogP contribution in [0, 0.1) is 0 Å². The minimum atomic E-state index is -0.181. The fraction of sp³-hybridized carbons (Fsp3) is 0.750. The molecule has 1 heterocycles. The van der Waals surface area contributed by atoms with Crippen LogP contribution in [-0.4, -0.2) is 24.2 Å². The smallest absolute Gasteiger partial charge is 0.306 e. The molecule has 0 amide bonds. The van der Waals surface area contributed by atoms with E-state index >= 15 is 0 Å². The lowest BCUT2D eigenvalue weighted by atomic mass is 9.85. The van der Waals surface area contributed by atoms with E-state index in [0.717, 1.165) is 30.2 Å². The van der Waals surface area contributed by atoms with Crippen LogP contribution in [0.2, 0.25) is 0 Å². The number of carbonyl (C=O) groups excluding carboxylic acids is 1. The highest BCUT2D eigenvalue weighted by atomic mass is 32.1. The van der Waals surface area contributed by atoms with Gasteiger partial charge in [0.1, 0.15) is 10.6 Å². The van der Waals surface area contributed by atoms with Gasteiger partial charge in [-0.15, -0.1) is 11.3 Å². The van der Waals surface area contributed by atoms with Crippen molar-refractivity contribution >= 4 is 17.3 Å². The van der Waals surface area contributed by atoms with E-state index in [1.807, 2.05) is 13.8 Å². The summed E-state index contributed by atoms with van der Waals surface area (Å²) >= 11 is 1.67. The maximum Gasteiger partial charge on any atom is 0.306 e. The van der Waals surface area contributed by atoms with Gasteiger partial charge in [-0.25, -0.2) is 4.98 Å². The number of thiazole rings is 1. The molecule has 0 aromatic carbocycles. The number of ether oxygens (including phenoxy) is 2. The van der Waals surface area contributed by atoms with Crippen LogP contribution < -0.4 is 0 Å². The molecule has 1 aromatic rings. The molecule has 0 spiro atoms. The first kappa shape index (κ1) is 16.4. The normalized spacial score (nSPS) is 17.6. The van der Waals surface area contributed by atoms with Crippen molar-refractivity contribution in [1.29, 1.82) is 0 Å². The summed E-state index contributed by atoms with van der Waals surface area (Å²) in [6, 6.07) is 0. The summed E-state index contributed by atoms with van der Waals surface area (Å²) in [5.74, 6) is -0.149. The van der Waals surface area contributed by atoms with Gasteiger partial charge in [0.2, 0.25) is 0 Å². The Morgan fingerprint density at radius 2 is 2.05 bits per heavy atom. The van der Waals surface area contributed by atoms with Gasteiger partial charge in [-0.05, 0) is 26.7 Å². The zero-order chi connectivity index (χ0) is 15.1. The summed E-state index contributed by atoms with van der Waals surface area (Å²) in [7, 11) is 0. The van der Waals surface area contributed by atoms with Gasteiger partial charge in [-0.2, -0.15) is 0 Å². The fourth-order valence-corrected chi connectivity index (χ4v) is 3.98. The van der Waals surface area contributed by atoms with E-state index in [0.29, 0.717) is 19.4 Å². The molecule has 1 aliphatic rings. The number of aromatic nitrogens is 1. The lowest BCUT2D eigenvalue weighted by Crippen LogP contribution is -2.32. The second kappa shape index (κ2) is 7.90. The summed E-state index contributed by atoms with van der Waals surface area (Å²) in [4.78, 5) is 16.2. The maximum atomic E-state index is 11.4. The summed E-state index contributed by atoms with van der Waals surface area (Å²) in [5, 5.41) is 3.15. The van der Waals surface area contributed by atoms with Gasteiger partial charge in [-0.3, -0.25) is 4.79 Å². The van der Waals surface area contributed by atoms with Crippen LogP contribution in [0.15, 0.2) is 5.38 Å². The van der Waals surface area contributed by atoms with Crippen molar-refractivity contribution in [3.63, 3.8) is 0 Å². The van der Waals surface area contributed by atoms with E-state index in [1.54, 1.807) is 11.3 Å². The first-order valence-electron chi connectivity index (χ1n) is 7.94. The number of esters is 1. The first-order valence-corrected chi connectivity index (χ1v) is 8.82. The quantitative estimate of drug-likeness (QED) is 0.718. The van der Waals surface area contributed by atoms with Crippen molar-refractivity contribution in [3.05, 3.63) is 16.1 Å². The number of carbonyl (C=O) groups is 1. The van der Waals surface area contributed by atoms with Gasteiger partial charge in [0.05, 0.1) is 18.7 Å². The second-order valence-corrected chi connectivity index (χ2v) is 6.30. The molecule has 118 valence electrons. The zero-order valence-electron chi connectivity index (χ0n) is 13.0. The second-order valence-electron chi connectivity index (χ2n) is 5.44. The monoisotopic (exact) mass is 311 g/mol. The Labute approximate surface area is 130 Å². The Kier molecular flexibility index (Phi) is 6.18. The van der Waals surface area contributed by atoms with Crippen LogP contribution in [0.1, 0.15) is 63.1 Å². The molecule has 0 unspecified atom stereocenters. The van der Waals surface area contributed by atoms with Crippen LogP contribution in [-0.2, 0) is 26.3 Å². The number of aryl methyl sites for hydroxylation is 1. The highest BCUT2D eigenvalue weighted by Crippen LogP contribution is 2.41. The minimum absolute atomic E-state index is 0.149. The molecule has 4 nitrogen and oxygen atoms in total. The number of rotatable bonds is 7. The zero-order valence-corrected chi connectivity index (χ0v) is 13.8. The van der Waals surface area contributed by atoms with Crippen LogP contribution in [0.3, 0.4) is 0 Å². The molecule has 0 N–H and O–H groups in total. The van der Waals surface area contributed by atoms with Crippen molar-refractivity contribution in [3.8, 4) is 0 Å². The third-order valence-electron chi connectivity index (χ3n) is 3.91. The SMILES string of the molecule is CCOC(=O)CCc1csc(C2(OCC)CCCCC2)n1. The highest BCUT2D eigenvalue weighted by molar-refractivity contribution is 7.09. The van der Waals surface area contributed by atoms with Crippen LogP contribution in [0.4, 0.5) is 0 Å². The van der Waals surface area contributed by atoms with Gasteiger partial charge in [0.25, 0.3) is 0 Å². The Morgan fingerprint density at radius 3 is 2.71 bits per heavy atom. The topological polar surface area (TPSA) is 48.4 Å². The van der Waals surface area contributed by atoms with E-state index in [1.165, 1.54) is 19.3 Å². The number of hydrogen-bond donors (Lipinski definition) is 0. The largest absolute Gasteiger partial charge is 0.466 e. The van der Waals surface area contributed by atoms with Crippen LogP contribution >= 0.6 is 11.3 Å². The van der Waals surface area contributed by atoms with Crippen molar-refractivity contribution in [2.75, 3.05) is 13.2 Å². The predicted octanol–water partition coefficient (Wildman–Crippen LogP) is 3.83. The molecule has 1 fully saturated rings. The Balaban J connectivity index is 2.01. The predicted molar refractivity (Wildman–Crippen MR) is 83.5 cm³/mol. The molecule has 1 aliphatic carbocycles. The van der Waals surface area contributed by atoms with Gasteiger partial charge < -0.3 is 9.47 Å². The third-order valence-corrected chi connectivity index (χ3v) is 4.99. The molecule has 0 radical (unpaired) electrons. The van der Waals surface area contributed by atoms with E-state index in [4.69, 9.17) is 14.5 Å². The first-order chi connectivity index (χ1) is 10.2. The molecule has 21 heavy (non-hydrogen) atoms. The third kappa shape index (κ3) is 4.27. The summed E-state index contributed by atoms with van der Waals surface area (Å²) in [6.07, 6.45) is 6.87. The van der Waals surface area contributed by atoms with E-state index in [-0.39, 0.29) is 11.6 Å². The lowest BCUT2D eigenvalue weighted by molar-refractivity contribution is -0.143. The molecular formula is C16H25NO3S. The van der Waals surface area contributed by atoms with E-state index in [9.17, 15) is 4.79 Å². The number of nitrogens with zero attached hydrogens (tertiary/aromatic N) is 1. The van der Waals surface area contributed by atoms with Crippen LogP contribution in [0.5, 0.6) is 0 Å². The maximum absolute atomic E-state index is 11.4. The molecule has 1 aromatic heterocycles. The molecule has 0 bridgehead atoms. The molecular weight excluding hydrogens is 286 g/mol. The molecule has 0 aliphatic heterocycles. The summed E-state index contributed by atoms with van der Waals surface area (Å²) in [6.45, 7) is 5.03. The average molecular weight is 311 g/mol. The van der Waals surface area contributed by atoms with Crippen molar-refractivity contribution in [2.24, 2.45) is 0 Å². The summed E-state index contributed by atoms with van der Waals surface area (Å²) in [5.41, 5.74) is 0.799. The molecule has 0 saturated heterocycles. The lowest BCUT2D eigenvalue weighted by Gasteiger charge is -2.35. The Bertz CT molecular complexity index is 447.